The zero-order chi connectivity index (χ0) is 15.2. The summed E-state index contributed by atoms with van der Waals surface area (Å²) < 4.78 is 13.5. The molecule has 0 fully saturated rings. The molecule has 2 rings (SSSR count). The predicted molar refractivity (Wildman–Crippen MR) is 81.2 cm³/mol. The molecule has 1 amide bonds. The number of anilines is 1. The van der Waals surface area contributed by atoms with Gasteiger partial charge in [0.05, 0.1) is 17.2 Å². The van der Waals surface area contributed by atoms with Gasteiger partial charge >= 0.3 is 0 Å². The zero-order valence-corrected chi connectivity index (χ0v) is 11.6. The van der Waals surface area contributed by atoms with Crippen molar-refractivity contribution in [3.8, 4) is 6.07 Å². The van der Waals surface area contributed by atoms with Gasteiger partial charge in [-0.25, -0.2) is 4.39 Å². The van der Waals surface area contributed by atoms with E-state index >= 15 is 0 Å². The lowest BCUT2D eigenvalue weighted by Gasteiger charge is -2.10. The van der Waals surface area contributed by atoms with Gasteiger partial charge in [0, 0.05) is 5.69 Å². The Labute approximate surface area is 126 Å². The molecule has 0 saturated carbocycles. The van der Waals surface area contributed by atoms with E-state index in [4.69, 9.17) is 17.5 Å². The Balaban J connectivity index is 2.03. The van der Waals surface area contributed by atoms with Crippen LogP contribution in [0, 0.1) is 17.1 Å². The molecule has 0 heterocycles. The fourth-order valence-electron chi connectivity index (χ4n) is 1.64. The molecule has 0 bridgehead atoms. The Morgan fingerprint density at radius 3 is 2.67 bits per heavy atom. The molecule has 0 aliphatic heterocycles. The summed E-state index contributed by atoms with van der Waals surface area (Å²) >= 11 is 4.99. The van der Waals surface area contributed by atoms with Crippen molar-refractivity contribution in [3.63, 3.8) is 0 Å². The lowest BCUT2D eigenvalue weighted by molar-refractivity contribution is 0.0974. The predicted octanol–water partition coefficient (Wildman–Crippen LogP) is 2.82. The summed E-state index contributed by atoms with van der Waals surface area (Å²) in [5, 5.41) is 14.0. The Morgan fingerprint density at radius 2 is 1.95 bits per heavy atom. The summed E-state index contributed by atoms with van der Waals surface area (Å²) in [4.78, 5) is 11.9. The second kappa shape index (κ2) is 6.59. The number of nitriles is 1. The number of nitrogens with zero attached hydrogens (tertiary/aromatic N) is 1. The minimum atomic E-state index is -0.637. The molecule has 21 heavy (non-hydrogen) atoms. The SMILES string of the molecule is N#Cc1cccc(NC(=S)NC(=O)c2ccccc2F)c1. The molecule has 0 spiro atoms. The first-order chi connectivity index (χ1) is 10.1. The van der Waals surface area contributed by atoms with Crippen LogP contribution in [0.1, 0.15) is 15.9 Å². The normalized spacial score (nSPS) is 9.52. The maximum Gasteiger partial charge on any atom is 0.260 e. The molecule has 0 radical (unpaired) electrons. The molecule has 104 valence electrons. The van der Waals surface area contributed by atoms with E-state index in [1.165, 1.54) is 18.2 Å². The highest BCUT2D eigenvalue weighted by Gasteiger charge is 2.12. The highest BCUT2D eigenvalue weighted by molar-refractivity contribution is 7.80. The van der Waals surface area contributed by atoms with E-state index in [9.17, 15) is 9.18 Å². The number of amides is 1. The maximum atomic E-state index is 13.5. The Bertz CT molecular complexity index is 740. The van der Waals surface area contributed by atoms with Crippen LogP contribution in [0.25, 0.3) is 0 Å². The molecule has 0 aromatic heterocycles. The average Bonchev–Trinajstić information content (AvgIpc) is 2.47. The van der Waals surface area contributed by atoms with Crippen LogP contribution in [-0.4, -0.2) is 11.0 Å². The van der Waals surface area contributed by atoms with Crippen molar-refractivity contribution in [1.29, 1.82) is 5.26 Å². The van der Waals surface area contributed by atoms with Gasteiger partial charge in [0.25, 0.3) is 5.91 Å². The third-order valence-corrected chi connectivity index (χ3v) is 2.80. The third kappa shape index (κ3) is 3.84. The van der Waals surface area contributed by atoms with Gasteiger partial charge in [-0.05, 0) is 42.5 Å². The van der Waals surface area contributed by atoms with Gasteiger partial charge in [0.15, 0.2) is 5.11 Å². The van der Waals surface area contributed by atoms with Crippen molar-refractivity contribution in [2.24, 2.45) is 0 Å². The highest BCUT2D eigenvalue weighted by atomic mass is 32.1. The number of hydrogen-bond donors (Lipinski definition) is 2. The van der Waals surface area contributed by atoms with E-state index in [0.717, 1.165) is 0 Å². The summed E-state index contributed by atoms with van der Waals surface area (Å²) in [7, 11) is 0. The van der Waals surface area contributed by atoms with Crippen LogP contribution in [0.3, 0.4) is 0 Å². The van der Waals surface area contributed by atoms with Crippen LogP contribution in [0.2, 0.25) is 0 Å². The zero-order valence-electron chi connectivity index (χ0n) is 10.8. The topological polar surface area (TPSA) is 64.9 Å². The van der Waals surface area contributed by atoms with Gasteiger partial charge in [0.2, 0.25) is 0 Å². The molecule has 2 N–H and O–H groups in total. The average molecular weight is 299 g/mol. The van der Waals surface area contributed by atoms with E-state index in [2.05, 4.69) is 10.6 Å². The molecule has 0 unspecified atom stereocenters. The van der Waals surface area contributed by atoms with Crippen molar-refractivity contribution >= 4 is 28.9 Å². The smallest absolute Gasteiger partial charge is 0.260 e. The monoisotopic (exact) mass is 299 g/mol. The fourth-order valence-corrected chi connectivity index (χ4v) is 1.86. The molecule has 6 heteroatoms. The summed E-state index contributed by atoms with van der Waals surface area (Å²) in [5.41, 5.74) is 0.934. The molecule has 0 saturated heterocycles. The number of thiocarbonyl (C=S) groups is 1. The van der Waals surface area contributed by atoms with E-state index in [0.29, 0.717) is 11.3 Å². The highest BCUT2D eigenvalue weighted by Crippen LogP contribution is 2.10. The molecule has 4 nitrogen and oxygen atoms in total. The molecule has 2 aromatic carbocycles. The van der Waals surface area contributed by atoms with E-state index in [1.54, 1.807) is 30.3 Å². The molecule has 0 aliphatic carbocycles. The lowest BCUT2D eigenvalue weighted by atomic mass is 10.2. The van der Waals surface area contributed by atoms with Gasteiger partial charge in [-0.15, -0.1) is 0 Å². The molecule has 2 aromatic rings. The quantitative estimate of drug-likeness (QED) is 0.837. The van der Waals surface area contributed by atoms with Crippen molar-refractivity contribution in [2.75, 3.05) is 5.32 Å². The van der Waals surface area contributed by atoms with Crippen molar-refractivity contribution in [2.45, 2.75) is 0 Å². The maximum absolute atomic E-state index is 13.5. The van der Waals surface area contributed by atoms with Gasteiger partial charge < -0.3 is 5.32 Å². The number of carbonyl (C=O) groups is 1. The van der Waals surface area contributed by atoms with E-state index < -0.39 is 11.7 Å². The Kier molecular flexibility index (Phi) is 4.59. The summed E-state index contributed by atoms with van der Waals surface area (Å²) in [6.07, 6.45) is 0. The van der Waals surface area contributed by atoms with Crippen molar-refractivity contribution < 1.29 is 9.18 Å². The van der Waals surface area contributed by atoms with E-state index in [-0.39, 0.29) is 10.7 Å². The van der Waals surface area contributed by atoms with Crippen molar-refractivity contribution in [1.82, 2.24) is 5.32 Å². The van der Waals surface area contributed by atoms with Gasteiger partial charge in [-0.1, -0.05) is 18.2 Å². The summed E-state index contributed by atoms with van der Waals surface area (Å²) in [6, 6.07) is 14.2. The number of hydrogen-bond acceptors (Lipinski definition) is 3. The third-order valence-electron chi connectivity index (χ3n) is 2.60. The standard InChI is InChI=1S/C15H10FN3OS/c16-13-7-2-1-6-12(13)14(20)19-15(21)18-11-5-3-4-10(8-11)9-17/h1-8H,(H2,18,19,20,21). The van der Waals surface area contributed by atoms with Crippen LogP contribution in [0.5, 0.6) is 0 Å². The van der Waals surface area contributed by atoms with Crippen LogP contribution >= 0.6 is 12.2 Å². The van der Waals surface area contributed by atoms with Gasteiger partial charge in [-0.2, -0.15) is 5.26 Å². The van der Waals surface area contributed by atoms with Crippen LogP contribution in [0.4, 0.5) is 10.1 Å². The number of halogens is 1. The van der Waals surface area contributed by atoms with Crippen LogP contribution in [0.15, 0.2) is 48.5 Å². The molecule has 0 aliphatic rings. The molecular weight excluding hydrogens is 289 g/mol. The van der Waals surface area contributed by atoms with Crippen molar-refractivity contribution in [3.05, 3.63) is 65.5 Å². The van der Waals surface area contributed by atoms with Crippen LogP contribution in [-0.2, 0) is 0 Å². The largest absolute Gasteiger partial charge is 0.332 e. The lowest BCUT2D eigenvalue weighted by Crippen LogP contribution is -2.34. The first-order valence-electron chi connectivity index (χ1n) is 5.97. The number of rotatable bonds is 2. The fraction of sp³-hybridized carbons (Fsp3) is 0. The van der Waals surface area contributed by atoms with Crippen LogP contribution < -0.4 is 10.6 Å². The molecular formula is C15H10FN3OS. The minimum Gasteiger partial charge on any atom is -0.332 e. The molecule has 0 atom stereocenters. The minimum absolute atomic E-state index is 0.0262. The first kappa shape index (κ1) is 14.6. The number of benzene rings is 2. The Hall–Kier alpha value is -2.78. The van der Waals surface area contributed by atoms with Gasteiger partial charge in [-0.3, -0.25) is 10.1 Å². The van der Waals surface area contributed by atoms with Gasteiger partial charge in [0.1, 0.15) is 5.82 Å². The summed E-state index contributed by atoms with van der Waals surface area (Å²) in [5.74, 6) is -1.26. The first-order valence-corrected chi connectivity index (χ1v) is 6.38. The second-order valence-corrected chi connectivity index (χ2v) is 4.49. The summed E-state index contributed by atoms with van der Waals surface area (Å²) in [6.45, 7) is 0. The number of nitrogens with one attached hydrogen (secondary N) is 2. The number of carbonyl (C=O) groups excluding carboxylic acids is 1. The second-order valence-electron chi connectivity index (χ2n) is 4.08. The Morgan fingerprint density at radius 1 is 1.19 bits per heavy atom. The van der Waals surface area contributed by atoms with E-state index in [1.807, 2.05) is 6.07 Å².